The number of aromatic nitrogens is 2. The fourth-order valence-electron chi connectivity index (χ4n) is 2.18. The van der Waals surface area contributed by atoms with Crippen LogP contribution >= 0.6 is 0 Å². The summed E-state index contributed by atoms with van der Waals surface area (Å²) in [4.78, 5) is 13.5. The number of likely N-dealkylation sites (N-methyl/N-ethyl adjacent to an activating group) is 1. The fraction of sp³-hybridized carbons (Fsp3) is 0.467. The van der Waals surface area contributed by atoms with Crippen molar-refractivity contribution in [2.75, 3.05) is 20.6 Å². The SMILES string of the molecule is CC(C)c1cc(C(=O)O)c2cnn(CCN(C)C)c2c1. The fourth-order valence-corrected chi connectivity index (χ4v) is 2.18. The highest BCUT2D eigenvalue weighted by Gasteiger charge is 2.15. The summed E-state index contributed by atoms with van der Waals surface area (Å²) < 4.78 is 1.88. The van der Waals surface area contributed by atoms with Crippen LogP contribution in [0.4, 0.5) is 0 Å². The standard InChI is InChI=1S/C15H21N3O2/c1-10(2)11-7-12(15(19)20)13-9-16-18(14(13)8-11)6-5-17(3)4/h7-10H,5-6H2,1-4H3,(H,19,20). The number of nitrogens with zero attached hydrogens (tertiary/aromatic N) is 3. The summed E-state index contributed by atoms with van der Waals surface area (Å²) in [6.07, 6.45) is 1.65. The first-order valence-corrected chi connectivity index (χ1v) is 6.77. The van der Waals surface area contributed by atoms with Crippen LogP contribution in [0.15, 0.2) is 18.3 Å². The molecule has 0 fully saturated rings. The van der Waals surface area contributed by atoms with E-state index in [1.807, 2.05) is 18.8 Å². The van der Waals surface area contributed by atoms with Gasteiger partial charge >= 0.3 is 5.97 Å². The predicted octanol–water partition coefficient (Wildman–Crippen LogP) is 2.42. The Morgan fingerprint density at radius 3 is 2.65 bits per heavy atom. The molecule has 1 N–H and O–H groups in total. The largest absolute Gasteiger partial charge is 0.478 e. The smallest absolute Gasteiger partial charge is 0.336 e. The molecule has 0 aliphatic carbocycles. The molecule has 1 heterocycles. The summed E-state index contributed by atoms with van der Waals surface area (Å²) in [6, 6.07) is 3.81. The number of carboxylic acids is 1. The minimum Gasteiger partial charge on any atom is -0.478 e. The number of aromatic carboxylic acids is 1. The van der Waals surface area contributed by atoms with Crippen LogP contribution in [0.2, 0.25) is 0 Å². The molecule has 0 bridgehead atoms. The van der Waals surface area contributed by atoms with Crippen LogP contribution in [0.25, 0.3) is 10.9 Å². The van der Waals surface area contributed by atoms with Gasteiger partial charge in [-0.25, -0.2) is 4.79 Å². The summed E-state index contributed by atoms with van der Waals surface area (Å²) in [5, 5.41) is 14.4. The van der Waals surface area contributed by atoms with Gasteiger partial charge in [0.05, 0.1) is 23.8 Å². The van der Waals surface area contributed by atoms with Crippen molar-refractivity contribution < 1.29 is 9.90 Å². The van der Waals surface area contributed by atoms with Crippen molar-refractivity contribution in [3.8, 4) is 0 Å². The van der Waals surface area contributed by atoms with Gasteiger partial charge in [-0.3, -0.25) is 4.68 Å². The number of hydrogen-bond acceptors (Lipinski definition) is 3. The summed E-state index contributed by atoms with van der Waals surface area (Å²) in [5.74, 6) is -0.612. The third-order valence-corrected chi connectivity index (χ3v) is 3.44. The molecule has 0 aliphatic rings. The monoisotopic (exact) mass is 275 g/mol. The normalized spacial score (nSPS) is 11.7. The first-order chi connectivity index (χ1) is 9.40. The van der Waals surface area contributed by atoms with E-state index in [2.05, 4.69) is 29.9 Å². The Morgan fingerprint density at radius 2 is 2.10 bits per heavy atom. The van der Waals surface area contributed by atoms with Crippen molar-refractivity contribution in [2.24, 2.45) is 0 Å². The third kappa shape index (κ3) is 2.82. The lowest BCUT2D eigenvalue weighted by Crippen LogP contribution is -2.19. The van der Waals surface area contributed by atoms with E-state index in [1.165, 1.54) is 0 Å². The van der Waals surface area contributed by atoms with Gasteiger partial charge in [0, 0.05) is 11.9 Å². The predicted molar refractivity (Wildman–Crippen MR) is 79.3 cm³/mol. The maximum atomic E-state index is 11.4. The molecule has 0 spiro atoms. The molecular formula is C15H21N3O2. The Balaban J connectivity index is 2.55. The number of carbonyl (C=O) groups is 1. The molecule has 5 nitrogen and oxygen atoms in total. The second-order valence-electron chi connectivity index (χ2n) is 5.63. The first kappa shape index (κ1) is 14.5. The van der Waals surface area contributed by atoms with Gasteiger partial charge in [0.25, 0.3) is 0 Å². The summed E-state index contributed by atoms with van der Waals surface area (Å²) in [7, 11) is 4.02. The minimum atomic E-state index is -0.898. The summed E-state index contributed by atoms with van der Waals surface area (Å²) >= 11 is 0. The molecule has 1 aromatic heterocycles. The van der Waals surface area contributed by atoms with Gasteiger partial charge in [-0.1, -0.05) is 13.8 Å². The number of hydrogen-bond donors (Lipinski definition) is 1. The summed E-state index contributed by atoms with van der Waals surface area (Å²) in [5.41, 5.74) is 2.26. The Hall–Kier alpha value is -1.88. The second-order valence-corrected chi connectivity index (χ2v) is 5.63. The van der Waals surface area contributed by atoms with E-state index in [0.717, 1.165) is 24.2 Å². The lowest BCUT2D eigenvalue weighted by Gasteiger charge is -2.12. The molecular weight excluding hydrogens is 254 g/mol. The zero-order valence-electron chi connectivity index (χ0n) is 12.4. The molecule has 0 atom stereocenters. The van der Waals surface area contributed by atoms with Crippen molar-refractivity contribution in [3.63, 3.8) is 0 Å². The van der Waals surface area contributed by atoms with Gasteiger partial charge < -0.3 is 10.0 Å². The topological polar surface area (TPSA) is 58.4 Å². The highest BCUT2D eigenvalue weighted by molar-refractivity contribution is 6.03. The Kier molecular flexibility index (Phi) is 4.09. The third-order valence-electron chi connectivity index (χ3n) is 3.44. The minimum absolute atomic E-state index is 0.287. The van der Waals surface area contributed by atoms with E-state index in [-0.39, 0.29) is 5.92 Å². The van der Waals surface area contributed by atoms with Crippen molar-refractivity contribution in [2.45, 2.75) is 26.3 Å². The maximum Gasteiger partial charge on any atom is 0.336 e. The molecule has 0 saturated heterocycles. The average molecular weight is 275 g/mol. The zero-order chi connectivity index (χ0) is 14.9. The van der Waals surface area contributed by atoms with Crippen molar-refractivity contribution in [1.29, 1.82) is 0 Å². The van der Waals surface area contributed by atoms with Crippen LogP contribution in [0.5, 0.6) is 0 Å². The number of rotatable bonds is 5. The van der Waals surface area contributed by atoms with Gasteiger partial charge in [0.2, 0.25) is 0 Å². The Morgan fingerprint density at radius 1 is 1.40 bits per heavy atom. The van der Waals surface area contributed by atoms with Crippen LogP contribution in [-0.2, 0) is 6.54 Å². The zero-order valence-corrected chi connectivity index (χ0v) is 12.4. The van der Waals surface area contributed by atoms with Gasteiger partial charge in [0.1, 0.15) is 0 Å². The molecule has 0 amide bonds. The first-order valence-electron chi connectivity index (χ1n) is 6.77. The molecule has 1 aromatic carbocycles. The molecule has 108 valence electrons. The van der Waals surface area contributed by atoms with Gasteiger partial charge in [0.15, 0.2) is 0 Å². The lowest BCUT2D eigenvalue weighted by atomic mass is 9.98. The highest BCUT2D eigenvalue weighted by atomic mass is 16.4. The van der Waals surface area contributed by atoms with Crippen molar-refractivity contribution >= 4 is 16.9 Å². The van der Waals surface area contributed by atoms with Crippen LogP contribution in [0, 0.1) is 0 Å². The van der Waals surface area contributed by atoms with Gasteiger partial charge in [-0.2, -0.15) is 5.10 Å². The Bertz CT molecular complexity index is 629. The molecule has 0 radical (unpaired) electrons. The molecule has 5 heteroatoms. The second kappa shape index (κ2) is 5.63. The Labute approximate surface area is 118 Å². The molecule has 20 heavy (non-hydrogen) atoms. The number of benzene rings is 1. The van der Waals surface area contributed by atoms with E-state index in [0.29, 0.717) is 10.9 Å². The molecule has 0 aliphatic heterocycles. The van der Waals surface area contributed by atoms with E-state index >= 15 is 0 Å². The van der Waals surface area contributed by atoms with E-state index in [1.54, 1.807) is 12.3 Å². The van der Waals surface area contributed by atoms with Crippen molar-refractivity contribution in [3.05, 3.63) is 29.5 Å². The quantitative estimate of drug-likeness (QED) is 0.910. The maximum absolute atomic E-state index is 11.4. The molecule has 0 saturated carbocycles. The molecule has 2 aromatic rings. The number of carboxylic acid groups (broad SMARTS) is 1. The van der Waals surface area contributed by atoms with Gasteiger partial charge in [-0.05, 0) is 37.7 Å². The molecule has 2 rings (SSSR count). The van der Waals surface area contributed by atoms with E-state index in [4.69, 9.17) is 0 Å². The number of fused-ring (bicyclic) bond motifs is 1. The van der Waals surface area contributed by atoms with Crippen LogP contribution in [0.3, 0.4) is 0 Å². The van der Waals surface area contributed by atoms with Crippen LogP contribution in [0.1, 0.15) is 35.7 Å². The van der Waals surface area contributed by atoms with E-state index in [9.17, 15) is 9.90 Å². The molecule has 0 unspecified atom stereocenters. The van der Waals surface area contributed by atoms with E-state index < -0.39 is 5.97 Å². The van der Waals surface area contributed by atoms with Crippen LogP contribution < -0.4 is 0 Å². The average Bonchev–Trinajstić information content (AvgIpc) is 2.77. The lowest BCUT2D eigenvalue weighted by molar-refractivity contribution is 0.0699. The highest BCUT2D eigenvalue weighted by Crippen LogP contribution is 2.25. The summed E-state index contributed by atoms with van der Waals surface area (Å²) in [6.45, 7) is 5.74. The van der Waals surface area contributed by atoms with Crippen molar-refractivity contribution in [1.82, 2.24) is 14.7 Å². The van der Waals surface area contributed by atoms with Gasteiger partial charge in [-0.15, -0.1) is 0 Å². The van der Waals surface area contributed by atoms with Crippen LogP contribution in [-0.4, -0.2) is 46.4 Å².